The fraction of sp³-hybridized carbons (Fsp3) is 0.133. The zero-order chi connectivity index (χ0) is 13.0. The number of halogens is 1. The van der Waals surface area contributed by atoms with Crippen LogP contribution >= 0.6 is 11.6 Å². The second-order valence-corrected chi connectivity index (χ2v) is 4.58. The highest BCUT2D eigenvalue weighted by atomic mass is 35.5. The summed E-state index contributed by atoms with van der Waals surface area (Å²) in [5.74, 6) is 0. The van der Waals surface area contributed by atoms with Crippen LogP contribution in [0, 0.1) is 11.3 Å². The summed E-state index contributed by atoms with van der Waals surface area (Å²) in [7, 11) is 2.02. The van der Waals surface area contributed by atoms with Crippen LogP contribution in [0.25, 0.3) is 0 Å². The summed E-state index contributed by atoms with van der Waals surface area (Å²) in [6, 6.07) is 17.5. The van der Waals surface area contributed by atoms with Crippen LogP contribution in [0.1, 0.15) is 11.1 Å². The van der Waals surface area contributed by atoms with Crippen molar-refractivity contribution in [1.82, 2.24) is 0 Å². The minimum absolute atomic E-state index is 0.692. The van der Waals surface area contributed by atoms with Crippen LogP contribution in [0.5, 0.6) is 0 Å². The normalized spacial score (nSPS) is 9.83. The summed E-state index contributed by atoms with van der Waals surface area (Å²) in [5.41, 5.74) is 2.91. The van der Waals surface area contributed by atoms with Gasteiger partial charge >= 0.3 is 0 Å². The van der Waals surface area contributed by atoms with Gasteiger partial charge in [0.1, 0.15) is 0 Å². The molecule has 3 heteroatoms. The van der Waals surface area contributed by atoms with Crippen molar-refractivity contribution in [3.05, 3.63) is 64.7 Å². The van der Waals surface area contributed by atoms with Crippen molar-refractivity contribution < 1.29 is 0 Å². The molecule has 0 heterocycles. The van der Waals surface area contributed by atoms with Crippen molar-refractivity contribution in [2.24, 2.45) is 0 Å². The SMILES string of the molecule is CN(Cc1cccc(C#N)c1)c1ccc(Cl)cc1. The summed E-state index contributed by atoms with van der Waals surface area (Å²) in [6.07, 6.45) is 0. The van der Waals surface area contributed by atoms with Gasteiger partial charge in [0.2, 0.25) is 0 Å². The fourth-order valence-corrected chi connectivity index (χ4v) is 1.93. The van der Waals surface area contributed by atoms with Crippen molar-refractivity contribution in [1.29, 1.82) is 5.26 Å². The van der Waals surface area contributed by atoms with Gasteiger partial charge in [-0.2, -0.15) is 5.26 Å². The number of rotatable bonds is 3. The molecule has 0 saturated carbocycles. The molecule has 0 fully saturated rings. The second kappa shape index (κ2) is 5.57. The predicted molar refractivity (Wildman–Crippen MR) is 74.7 cm³/mol. The van der Waals surface area contributed by atoms with Gasteiger partial charge in [0.15, 0.2) is 0 Å². The molecule has 0 atom stereocenters. The molecule has 0 aliphatic heterocycles. The predicted octanol–water partition coefficient (Wildman–Crippen LogP) is 3.85. The van der Waals surface area contributed by atoms with Gasteiger partial charge in [-0.3, -0.25) is 0 Å². The molecule has 0 radical (unpaired) electrons. The van der Waals surface area contributed by atoms with Crippen LogP contribution in [0.4, 0.5) is 5.69 Å². The zero-order valence-electron chi connectivity index (χ0n) is 10.1. The summed E-state index contributed by atoms with van der Waals surface area (Å²) in [6.45, 7) is 0.761. The first kappa shape index (κ1) is 12.5. The molecule has 0 aromatic heterocycles. The number of hydrogen-bond acceptors (Lipinski definition) is 2. The van der Waals surface area contributed by atoms with Gasteiger partial charge in [-0.1, -0.05) is 23.7 Å². The number of nitriles is 1. The molecule has 2 nitrogen and oxygen atoms in total. The molecule has 2 rings (SSSR count). The number of hydrogen-bond donors (Lipinski definition) is 0. The molecule has 0 aliphatic rings. The molecule has 0 N–H and O–H groups in total. The Kier molecular flexibility index (Phi) is 3.86. The molecule has 0 amide bonds. The van der Waals surface area contributed by atoms with Crippen molar-refractivity contribution in [2.45, 2.75) is 6.54 Å². The lowest BCUT2D eigenvalue weighted by molar-refractivity contribution is 0.922. The lowest BCUT2D eigenvalue weighted by Gasteiger charge is -2.19. The Morgan fingerprint density at radius 1 is 1.17 bits per heavy atom. The van der Waals surface area contributed by atoms with Crippen molar-refractivity contribution in [3.63, 3.8) is 0 Å². The quantitative estimate of drug-likeness (QED) is 0.834. The molecular weight excluding hydrogens is 244 g/mol. The Hall–Kier alpha value is -1.98. The van der Waals surface area contributed by atoms with Crippen LogP contribution in [-0.2, 0) is 6.54 Å². The van der Waals surface area contributed by atoms with Crippen LogP contribution in [-0.4, -0.2) is 7.05 Å². The molecule has 0 unspecified atom stereocenters. The molecule has 0 saturated heterocycles. The zero-order valence-corrected chi connectivity index (χ0v) is 10.9. The van der Waals surface area contributed by atoms with Gasteiger partial charge in [0, 0.05) is 24.3 Å². The van der Waals surface area contributed by atoms with E-state index in [4.69, 9.17) is 16.9 Å². The number of anilines is 1. The Morgan fingerprint density at radius 2 is 1.89 bits per heavy atom. The maximum atomic E-state index is 8.87. The molecule has 2 aromatic rings. The first-order valence-corrected chi connectivity index (χ1v) is 6.02. The molecular formula is C15H13ClN2. The van der Waals surface area contributed by atoms with Crippen LogP contribution in [0.15, 0.2) is 48.5 Å². The van der Waals surface area contributed by atoms with E-state index in [1.807, 2.05) is 55.6 Å². The average Bonchev–Trinajstić information content (AvgIpc) is 2.39. The van der Waals surface area contributed by atoms with E-state index in [2.05, 4.69) is 11.0 Å². The van der Waals surface area contributed by atoms with Crippen molar-refractivity contribution in [2.75, 3.05) is 11.9 Å². The van der Waals surface area contributed by atoms with E-state index < -0.39 is 0 Å². The molecule has 18 heavy (non-hydrogen) atoms. The van der Waals surface area contributed by atoms with Gasteiger partial charge in [-0.15, -0.1) is 0 Å². The van der Waals surface area contributed by atoms with Gasteiger partial charge in [-0.25, -0.2) is 0 Å². The van der Waals surface area contributed by atoms with Crippen molar-refractivity contribution in [3.8, 4) is 6.07 Å². The van der Waals surface area contributed by atoms with Crippen LogP contribution in [0.2, 0.25) is 5.02 Å². The summed E-state index contributed by atoms with van der Waals surface area (Å²) < 4.78 is 0. The Balaban J connectivity index is 2.13. The minimum atomic E-state index is 0.692. The number of benzene rings is 2. The van der Waals surface area contributed by atoms with E-state index >= 15 is 0 Å². The lowest BCUT2D eigenvalue weighted by atomic mass is 10.1. The van der Waals surface area contributed by atoms with Gasteiger partial charge in [0.25, 0.3) is 0 Å². The standard InChI is InChI=1S/C15H13ClN2/c1-18(15-7-5-14(16)6-8-15)11-13-4-2-3-12(9-13)10-17/h2-9H,11H2,1H3. The smallest absolute Gasteiger partial charge is 0.0991 e. The highest BCUT2D eigenvalue weighted by molar-refractivity contribution is 6.30. The van der Waals surface area contributed by atoms with E-state index in [1.54, 1.807) is 0 Å². The molecule has 0 bridgehead atoms. The second-order valence-electron chi connectivity index (χ2n) is 4.14. The molecule has 90 valence electrons. The topological polar surface area (TPSA) is 27.0 Å². The summed E-state index contributed by atoms with van der Waals surface area (Å²) in [4.78, 5) is 2.12. The molecule has 0 spiro atoms. The molecule has 2 aromatic carbocycles. The minimum Gasteiger partial charge on any atom is -0.370 e. The summed E-state index contributed by atoms with van der Waals surface area (Å²) in [5, 5.41) is 9.60. The van der Waals surface area contributed by atoms with Gasteiger partial charge in [-0.05, 0) is 42.0 Å². The first-order chi connectivity index (χ1) is 8.69. The highest BCUT2D eigenvalue weighted by Crippen LogP contribution is 2.18. The Morgan fingerprint density at radius 3 is 2.56 bits per heavy atom. The average molecular weight is 257 g/mol. The van der Waals surface area contributed by atoms with E-state index in [9.17, 15) is 0 Å². The third-order valence-corrected chi connectivity index (χ3v) is 3.00. The monoisotopic (exact) mass is 256 g/mol. The third kappa shape index (κ3) is 3.03. The van der Waals surface area contributed by atoms with E-state index in [-0.39, 0.29) is 0 Å². The van der Waals surface area contributed by atoms with Crippen molar-refractivity contribution >= 4 is 17.3 Å². The van der Waals surface area contributed by atoms with Gasteiger partial charge < -0.3 is 4.90 Å². The lowest BCUT2D eigenvalue weighted by Crippen LogP contribution is -2.16. The Labute approximate surface area is 112 Å². The highest BCUT2D eigenvalue weighted by Gasteiger charge is 2.02. The largest absolute Gasteiger partial charge is 0.370 e. The molecule has 0 aliphatic carbocycles. The van der Waals surface area contributed by atoms with E-state index in [0.29, 0.717) is 5.56 Å². The maximum Gasteiger partial charge on any atom is 0.0991 e. The van der Waals surface area contributed by atoms with E-state index in [1.165, 1.54) is 0 Å². The first-order valence-electron chi connectivity index (χ1n) is 5.65. The maximum absolute atomic E-state index is 8.87. The fourth-order valence-electron chi connectivity index (χ4n) is 1.80. The van der Waals surface area contributed by atoms with Gasteiger partial charge in [0.05, 0.1) is 11.6 Å². The third-order valence-electron chi connectivity index (χ3n) is 2.74. The number of nitrogens with zero attached hydrogens (tertiary/aromatic N) is 2. The van der Waals surface area contributed by atoms with E-state index in [0.717, 1.165) is 22.8 Å². The van der Waals surface area contributed by atoms with Crippen LogP contribution < -0.4 is 4.90 Å². The van der Waals surface area contributed by atoms with Crippen LogP contribution in [0.3, 0.4) is 0 Å². The summed E-state index contributed by atoms with van der Waals surface area (Å²) >= 11 is 5.86. The Bertz CT molecular complexity index is 570.